The molecular formula is C29H37N3O3S. The Hall–Kier alpha value is -2.67. The smallest absolute Gasteiger partial charge is 0.305 e. The number of carboxylic acid groups (broad SMARTS) is 1. The van der Waals surface area contributed by atoms with Crippen molar-refractivity contribution in [3.05, 3.63) is 52.0 Å². The SMILES string of the molecule is C[C@@H]1CCCCC1n1c(Cc2cccs2)nc2cc(C(=O)NC(CC(=O)O)C3CCCCC3)ccc21. The van der Waals surface area contributed by atoms with Gasteiger partial charge >= 0.3 is 5.97 Å². The van der Waals surface area contributed by atoms with Gasteiger partial charge in [-0.3, -0.25) is 9.59 Å². The molecule has 2 saturated carbocycles. The summed E-state index contributed by atoms with van der Waals surface area (Å²) >= 11 is 1.75. The molecule has 2 heterocycles. The third-order valence-electron chi connectivity index (χ3n) is 8.26. The Bertz CT molecular complexity index is 1200. The first-order valence-electron chi connectivity index (χ1n) is 13.6. The lowest BCUT2D eigenvalue weighted by atomic mass is 9.82. The fourth-order valence-corrected chi connectivity index (χ4v) is 7.05. The number of nitrogens with one attached hydrogen (secondary N) is 1. The largest absolute Gasteiger partial charge is 0.481 e. The van der Waals surface area contributed by atoms with Gasteiger partial charge in [0.25, 0.3) is 5.91 Å². The Morgan fingerprint density at radius 2 is 1.89 bits per heavy atom. The van der Waals surface area contributed by atoms with Crippen molar-refractivity contribution in [1.29, 1.82) is 0 Å². The molecule has 1 amide bonds. The third kappa shape index (κ3) is 5.51. The van der Waals surface area contributed by atoms with Crippen LogP contribution in [0.2, 0.25) is 0 Å². The van der Waals surface area contributed by atoms with Crippen molar-refractivity contribution < 1.29 is 14.7 Å². The number of aromatic nitrogens is 2. The number of imidazole rings is 1. The highest BCUT2D eigenvalue weighted by molar-refractivity contribution is 7.09. The quantitative estimate of drug-likeness (QED) is 0.360. The fourth-order valence-electron chi connectivity index (χ4n) is 6.35. The number of hydrogen-bond acceptors (Lipinski definition) is 4. The van der Waals surface area contributed by atoms with Crippen LogP contribution in [0.5, 0.6) is 0 Å². The van der Waals surface area contributed by atoms with E-state index < -0.39 is 5.97 Å². The van der Waals surface area contributed by atoms with Crippen molar-refractivity contribution in [3.63, 3.8) is 0 Å². The number of benzene rings is 1. The third-order valence-corrected chi connectivity index (χ3v) is 9.14. The van der Waals surface area contributed by atoms with Gasteiger partial charge in [-0.1, -0.05) is 45.1 Å². The second-order valence-corrected chi connectivity index (χ2v) is 11.8. The summed E-state index contributed by atoms with van der Waals surface area (Å²) < 4.78 is 2.44. The van der Waals surface area contributed by atoms with Crippen molar-refractivity contribution in [2.75, 3.05) is 0 Å². The van der Waals surface area contributed by atoms with Gasteiger partial charge in [0.15, 0.2) is 0 Å². The lowest BCUT2D eigenvalue weighted by Gasteiger charge is -2.31. The number of amides is 1. The van der Waals surface area contributed by atoms with Crippen LogP contribution in [0.15, 0.2) is 35.7 Å². The number of thiophene rings is 1. The molecule has 0 spiro atoms. The zero-order valence-electron chi connectivity index (χ0n) is 21.1. The molecule has 0 aliphatic heterocycles. The molecule has 3 atom stereocenters. The zero-order chi connectivity index (χ0) is 25.1. The van der Waals surface area contributed by atoms with Gasteiger partial charge in [-0.25, -0.2) is 4.98 Å². The standard InChI is InChI=1S/C29H37N3O3S/c1-19-8-5-6-12-25(19)32-26-14-13-21(16-24(26)30-27(32)17-22-11-7-15-36-22)29(35)31-23(18-28(33)34)20-9-3-2-4-10-20/h7,11,13-16,19-20,23,25H,2-6,8-10,12,17-18H2,1H3,(H,31,35)(H,33,34)/t19-,23?,25?/m1/s1. The van der Waals surface area contributed by atoms with Crippen LogP contribution < -0.4 is 5.32 Å². The van der Waals surface area contributed by atoms with Crippen LogP contribution in [0.4, 0.5) is 0 Å². The average molecular weight is 508 g/mol. The van der Waals surface area contributed by atoms with Gasteiger partial charge in [-0.05, 0) is 67.2 Å². The zero-order valence-corrected chi connectivity index (χ0v) is 21.9. The normalized spacial score (nSPS) is 21.9. The van der Waals surface area contributed by atoms with E-state index in [-0.39, 0.29) is 24.3 Å². The predicted molar refractivity (Wildman–Crippen MR) is 144 cm³/mol. The first-order valence-corrected chi connectivity index (χ1v) is 14.4. The van der Waals surface area contributed by atoms with Crippen LogP contribution in [0, 0.1) is 11.8 Å². The summed E-state index contributed by atoms with van der Waals surface area (Å²) in [5.74, 6) is 0.823. The molecule has 2 aromatic heterocycles. The summed E-state index contributed by atoms with van der Waals surface area (Å²) in [6.07, 6.45) is 11.0. The lowest BCUT2D eigenvalue weighted by Crippen LogP contribution is -2.42. The van der Waals surface area contributed by atoms with Crippen molar-refractivity contribution in [2.24, 2.45) is 11.8 Å². The number of carboxylic acids is 1. The second kappa shape index (κ2) is 11.2. The number of aliphatic carboxylic acids is 1. The first kappa shape index (κ1) is 25.0. The first-order chi connectivity index (χ1) is 17.5. The van der Waals surface area contributed by atoms with E-state index in [9.17, 15) is 14.7 Å². The molecule has 0 radical (unpaired) electrons. The summed E-state index contributed by atoms with van der Waals surface area (Å²) in [5, 5.41) is 14.6. The fraction of sp³-hybridized carbons (Fsp3) is 0.552. The molecule has 0 saturated heterocycles. The molecule has 0 bridgehead atoms. The second-order valence-electron chi connectivity index (χ2n) is 10.8. The summed E-state index contributed by atoms with van der Waals surface area (Å²) in [7, 11) is 0. The summed E-state index contributed by atoms with van der Waals surface area (Å²) in [5.41, 5.74) is 2.49. The monoisotopic (exact) mass is 507 g/mol. The topological polar surface area (TPSA) is 84.2 Å². The molecule has 2 aliphatic carbocycles. The molecular weight excluding hydrogens is 470 g/mol. The molecule has 36 heavy (non-hydrogen) atoms. The summed E-state index contributed by atoms with van der Waals surface area (Å²) in [6, 6.07) is 10.2. The highest BCUT2D eigenvalue weighted by Crippen LogP contribution is 2.37. The van der Waals surface area contributed by atoms with Gasteiger partial charge < -0.3 is 15.0 Å². The molecule has 192 valence electrons. The maximum absolute atomic E-state index is 13.3. The number of nitrogens with zero attached hydrogens (tertiary/aromatic N) is 2. The number of carbonyl (C=O) groups is 2. The molecule has 2 N–H and O–H groups in total. The molecule has 2 aliphatic rings. The lowest BCUT2D eigenvalue weighted by molar-refractivity contribution is -0.137. The van der Waals surface area contributed by atoms with E-state index in [4.69, 9.17) is 4.98 Å². The van der Waals surface area contributed by atoms with E-state index in [0.29, 0.717) is 17.5 Å². The highest BCUT2D eigenvalue weighted by atomic mass is 32.1. The van der Waals surface area contributed by atoms with Crippen LogP contribution in [0.3, 0.4) is 0 Å². The van der Waals surface area contributed by atoms with Crippen molar-refractivity contribution in [3.8, 4) is 0 Å². The van der Waals surface area contributed by atoms with Crippen LogP contribution >= 0.6 is 11.3 Å². The van der Waals surface area contributed by atoms with Crippen LogP contribution in [-0.2, 0) is 11.2 Å². The number of carbonyl (C=O) groups excluding carboxylic acids is 1. The molecule has 5 rings (SSSR count). The molecule has 1 aromatic carbocycles. The Morgan fingerprint density at radius 1 is 1.11 bits per heavy atom. The Labute approximate surface area is 217 Å². The van der Waals surface area contributed by atoms with Gasteiger partial charge in [-0.15, -0.1) is 11.3 Å². The number of fused-ring (bicyclic) bond motifs is 1. The van der Waals surface area contributed by atoms with Crippen molar-refractivity contribution >= 4 is 34.2 Å². The van der Waals surface area contributed by atoms with Crippen LogP contribution in [-0.4, -0.2) is 32.6 Å². The van der Waals surface area contributed by atoms with E-state index >= 15 is 0 Å². The Morgan fingerprint density at radius 3 is 2.61 bits per heavy atom. The highest BCUT2D eigenvalue weighted by Gasteiger charge is 2.29. The van der Waals surface area contributed by atoms with Gasteiger partial charge in [-0.2, -0.15) is 0 Å². The molecule has 2 unspecified atom stereocenters. The average Bonchev–Trinajstić information content (AvgIpc) is 3.51. The number of hydrogen-bond donors (Lipinski definition) is 2. The van der Waals surface area contributed by atoms with Crippen LogP contribution in [0.1, 0.15) is 98.2 Å². The summed E-state index contributed by atoms with van der Waals surface area (Å²) in [6.45, 7) is 2.35. The Kier molecular flexibility index (Phi) is 7.75. The van der Waals surface area contributed by atoms with Crippen molar-refractivity contribution in [2.45, 2.75) is 89.6 Å². The minimum absolute atomic E-state index is 0.0300. The Balaban J connectivity index is 1.44. The van der Waals surface area contributed by atoms with E-state index in [2.05, 4.69) is 34.3 Å². The molecule has 7 heteroatoms. The minimum atomic E-state index is -0.861. The van der Waals surface area contributed by atoms with E-state index in [1.54, 1.807) is 11.3 Å². The van der Waals surface area contributed by atoms with Crippen molar-refractivity contribution in [1.82, 2.24) is 14.9 Å². The molecule has 3 aromatic rings. The van der Waals surface area contributed by atoms with Gasteiger partial charge in [0.2, 0.25) is 0 Å². The van der Waals surface area contributed by atoms with E-state index in [0.717, 1.165) is 55.4 Å². The van der Waals surface area contributed by atoms with Gasteiger partial charge in [0.05, 0.1) is 17.5 Å². The minimum Gasteiger partial charge on any atom is -0.481 e. The maximum atomic E-state index is 13.3. The maximum Gasteiger partial charge on any atom is 0.305 e. The number of rotatable bonds is 8. The molecule has 2 fully saturated rings. The summed E-state index contributed by atoms with van der Waals surface area (Å²) in [4.78, 5) is 31.2. The van der Waals surface area contributed by atoms with Crippen LogP contribution in [0.25, 0.3) is 11.0 Å². The van der Waals surface area contributed by atoms with Gasteiger partial charge in [0, 0.05) is 28.9 Å². The van der Waals surface area contributed by atoms with E-state index in [1.807, 2.05) is 18.2 Å². The molecule has 6 nitrogen and oxygen atoms in total. The van der Waals surface area contributed by atoms with E-state index in [1.165, 1.54) is 30.6 Å². The van der Waals surface area contributed by atoms with Gasteiger partial charge in [0.1, 0.15) is 5.82 Å². The predicted octanol–water partition coefficient (Wildman–Crippen LogP) is 6.59.